The molecule has 1 aliphatic rings. The molecule has 1 aliphatic heterocycles. The molecule has 0 spiro atoms. The normalized spacial score (nSPS) is 21.9. The summed E-state index contributed by atoms with van der Waals surface area (Å²) in [5, 5.41) is 10.6. The van der Waals surface area contributed by atoms with Gasteiger partial charge >= 0.3 is 0 Å². The predicted molar refractivity (Wildman–Crippen MR) is 70.2 cm³/mol. The summed E-state index contributed by atoms with van der Waals surface area (Å²) in [5.74, 6) is -0.419. The zero-order valence-corrected chi connectivity index (χ0v) is 11.5. The standard InChI is InChI=1S/C14H21FN2O2/c1-3-14(2,17-4-6-19-7-5-17)13(18)11-8-12(15)10-16-9-11/h8-10,13,18H,3-7H2,1-2H3. The first-order valence-electron chi connectivity index (χ1n) is 6.69. The summed E-state index contributed by atoms with van der Waals surface area (Å²) in [6, 6.07) is 1.35. The van der Waals surface area contributed by atoms with E-state index in [9.17, 15) is 9.50 Å². The summed E-state index contributed by atoms with van der Waals surface area (Å²) in [4.78, 5) is 6.03. The Morgan fingerprint density at radius 2 is 2.16 bits per heavy atom. The van der Waals surface area contributed by atoms with Crippen LogP contribution in [0.25, 0.3) is 0 Å². The van der Waals surface area contributed by atoms with Crippen LogP contribution in [0.4, 0.5) is 4.39 Å². The number of pyridine rings is 1. The molecule has 0 radical (unpaired) electrons. The summed E-state index contributed by atoms with van der Waals surface area (Å²) in [5.41, 5.74) is 0.0926. The fraction of sp³-hybridized carbons (Fsp3) is 0.643. The Morgan fingerprint density at radius 3 is 2.74 bits per heavy atom. The van der Waals surface area contributed by atoms with Crippen molar-refractivity contribution in [3.8, 4) is 0 Å². The van der Waals surface area contributed by atoms with Crippen LogP contribution in [-0.4, -0.2) is 46.8 Å². The molecule has 0 amide bonds. The van der Waals surface area contributed by atoms with Gasteiger partial charge in [0.2, 0.25) is 0 Å². The monoisotopic (exact) mass is 268 g/mol. The molecule has 1 N–H and O–H groups in total. The molecule has 2 atom stereocenters. The smallest absolute Gasteiger partial charge is 0.141 e. The summed E-state index contributed by atoms with van der Waals surface area (Å²) >= 11 is 0. The highest BCUT2D eigenvalue weighted by atomic mass is 19.1. The largest absolute Gasteiger partial charge is 0.386 e. The van der Waals surface area contributed by atoms with E-state index in [2.05, 4.69) is 9.88 Å². The molecule has 0 aromatic carbocycles. The Balaban J connectivity index is 2.24. The molecule has 1 aromatic heterocycles. The average Bonchev–Trinajstić information content (AvgIpc) is 2.46. The minimum Gasteiger partial charge on any atom is -0.386 e. The highest BCUT2D eigenvalue weighted by Crippen LogP contribution is 2.34. The molecule has 106 valence electrons. The lowest BCUT2D eigenvalue weighted by Crippen LogP contribution is -2.54. The summed E-state index contributed by atoms with van der Waals surface area (Å²) < 4.78 is 18.6. The van der Waals surface area contributed by atoms with Gasteiger partial charge in [0.25, 0.3) is 0 Å². The van der Waals surface area contributed by atoms with Gasteiger partial charge in [0.1, 0.15) is 5.82 Å². The number of aromatic nitrogens is 1. The van der Waals surface area contributed by atoms with Crippen molar-refractivity contribution < 1.29 is 14.2 Å². The summed E-state index contributed by atoms with van der Waals surface area (Å²) in [6.07, 6.45) is 2.68. The summed E-state index contributed by atoms with van der Waals surface area (Å²) in [6.45, 7) is 6.95. The molecular formula is C14H21FN2O2. The number of hydrogen-bond donors (Lipinski definition) is 1. The number of hydrogen-bond acceptors (Lipinski definition) is 4. The predicted octanol–water partition coefficient (Wildman–Crippen LogP) is 1.76. The maximum atomic E-state index is 13.3. The van der Waals surface area contributed by atoms with Crippen molar-refractivity contribution >= 4 is 0 Å². The number of halogens is 1. The average molecular weight is 268 g/mol. The molecule has 4 nitrogen and oxygen atoms in total. The lowest BCUT2D eigenvalue weighted by atomic mass is 9.85. The number of ether oxygens (including phenoxy) is 1. The van der Waals surface area contributed by atoms with Crippen LogP contribution in [0, 0.1) is 5.82 Å². The van der Waals surface area contributed by atoms with Crippen LogP contribution in [0.1, 0.15) is 31.9 Å². The third kappa shape index (κ3) is 2.94. The van der Waals surface area contributed by atoms with Gasteiger partial charge in [-0.15, -0.1) is 0 Å². The van der Waals surface area contributed by atoms with Crippen LogP contribution in [0.3, 0.4) is 0 Å². The minimum atomic E-state index is -0.765. The van der Waals surface area contributed by atoms with Crippen LogP contribution in [0.15, 0.2) is 18.5 Å². The topological polar surface area (TPSA) is 45.6 Å². The van der Waals surface area contributed by atoms with Crippen LogP contribution >= 0.6 is 0 Å². The van der Waals surface area contributed by atoms with E-state index in [-0.39, 0.29) is 0 Å². The Labute approximate surface area is 113 Å². The van der Waals surface area contributed by atoms with E-state index in [4.69, 9.17) is 4.74 Å². The molecule has 1 fully saturated rings. The quantitative estimate of drug-likeness (QED) is 0.903. The zero-order valence-electron chi connectivity index (χ0n) is 11.5. The molecule has 0 aliphatic carbocycles. The molecule has 0 bridgehead atoms. The second kappa shape index (κ2) is 5.94. The number of nitrogens with zero attached hydrogens (tertiary/aromatic N) is 2. The van der Waals surface area contributed by atoms with Crippen LogP contribution < -0.4 is 0 Å². The number of aliphatic hydroxyl groups excluding tert-OH is 1. The number of aliphatic hydroxyl groups is 1. The van der Waals surface area contributed by atoms with E-state index < -0.39 is 17.5 Å². The summed E-state index contributed by atoms with van der Waals surface area (Å²) in [7, 11) is 0. The molecule has 1 saturated heterocycles. The van der Waals surface area contributed by atoms with E-state index in [1.807, 2.05) is 13.8 Å². The van der Waals surface area contributed by atoms with E-state index in [1.165, 1.54) is 12.3 Å². The maximum absolute atomic E-state index is 13.3. The first-order valence-corrected chi connectivity index (χ1v) is 6.69. The van der Waals surface area contributed by atoms with Gasteiger partial charge in [0.15, 0.2) is 0 Å². The zero-order chi connectivity index (χ0) is 13.9. The van der Waals surface area contributed by atoms with Crippen molar-refractivity contribution in [2.45, 2.75) is 31.9 Å². The van der Waals surface area contributed by atoms with Gasteiger partial charge in [0, 0.05) is 30.4 Å². The van der Waals surface area contributed by atoms with Crippen molar-refractivity contribution in [3.05, 3.63) is 29.8 Å². The van der Waals surface area contributed by atoms with Crippen LogP contribution in [-0.2, 0) is 4.74 Å². The first kappa shape index (κ1) is 14.4. The van der Waals surface area contributed by atoms with Gasteiger partial charge in [-0.2, -0.15) is 0 Å². The molecule has 2 rings (SSSR count). The molecule has 2 unspecified atom stereocenters. The molecule has 1 aromatic rings. The first-order chi connectivity index (χ1) is 9.08. The van der Waals surface area contributed by atoms with Crippen molar-refractivity contribution in [1.82, 2.24) is 9.88 Å². The van der Waals surface area contributed by atoms with Gasteiger partial charge < -0.3 is 9.84 Å². The molecule has 5 heteroatoms. The molecular weight excluding hydrogens is 247 g/mol. The maximum Gasteiger partial charge on any atom is 0.141 e. The van der Waals surface area contributed by atoms with Crippen molar-refractivity contribution in [1.29, 1.82) is 0 Å². The Morgan fingerprint density at radius 1 is 1.47 bits per heavy atom. The fourth-order valence-electron chi connectivity index (χ4n) is 2.60. The second-order valence-electron chi connectivity index (χ2n) is 5.15. The van der Waals surface area contributed by atoms with Gasteiger partial charge in [-0.3, -0.25) is 9.88 Å². The number of morpholine rings is 1. The van der Waals surface area contributed by atoms with Crippen molar-refractivity contribution in [2.24, 2.45) is 0 Å². The lowest BCUT2D eigenvalue weighted by Gasteiger charge is -2.45. The lowest BCUT2D eigenvalue weighted by molar-refractivity contribution is -0.0735. The Bertz CT molecular complexity index is 424. The van der Waals surface area contributed by atoms with Crippen molar-refractivity contribution in [3.63, 3.8) is 0 Å². The van der Waals surface area contributed by atoms with Gasteiger partial charge in [0.05, 0.1) is 25.5 Å². The van der Waals surface area contributed by atoms with Gasteiger partial charge in [-0.25, -0.2) is 4.39 Å². The second-order valence-corrected chi connectivity index (χ2v) is 5.15. The van der Waals surface area contributed by atoms with E-state index in [0.717, 1.165) is 25.7 Å². The molecule has 2 heterocycles. The minimum absolute atomic E-state index is 0.419. The Hall–Kier alpha value is -1.04. The van der Waals surface area contributed by atoms with E-state index in [0.29, 0.717) is 18.8 Å². The van der Waals surface area contributed by atoms with E-state index in [1.54, 1.807) is 0 Å². The fourth-order valence-corrected chi connectivity index (χ4v) is 2.60. The van der Waals surface area contributed by atoms with E-state index >= 15 is 0 Å². The van der Waals surface area contributed by atoms with Gasteiger partial charge in [-0.1, -0.05) is 6.92 Å². The molecule has 19 heavy (non-hydrogen) atoms. The molecule has 0 saturated carbocycles. The highest BCUT2D eigenvalue weighted by molar-refractivity contribution is 5.18. The SMILES string of the molecule is CCC(C)(C(O)c1cncc(F)c1)N1CCOCC1. The van der Waals surface area contributed by atoms with Crippen LogP contribution in [0.5, 0.6) is 0 Å². The van der Waals surface area contributed by atoms with Crippen molar-refractivity contribution in [2.75, 3.05) is 26.3 Å². The van der Waals surface area contributed by atoms with Gasteiger partial charge in [-0.05, 0) is 19.4 Å². The van der Waals surface area contributed by atoms with Crippen LogP contribution in [0.2, 0.25) is 0 Å². The third-order valence-corrected chi connectivity index (χ3v) is 4.08. The number of rotatable bonds is 4. The Kier molecular flexibility index (Phi) is 4.50. The third-order valence-electron chi connectivity index (χ3n) is 4.08. The highest BCUT2D eigenvalue weighted by Gasteiger charge is 2.39.